The summed E-state index contributed by atoms with van der Waals surface area (Å²) in [6.07, 6.45) is 2.40. The lowest BCUT2D eigenvalue weighted by molar-refractivity contribution is 0.289. The molecular weight excluding hydrogens is 228 g/mol. The zero-order chi connectivity index (χ0) is 13.0. The first kappa shape index (κ1) is 12.6. The van der Waals surface area contributed by atoms with E-state index in [1.54, 1.807) is 4.68 Å². The van der Waals surface area contributed by atoms with Crippen molar-refractivity contribution < 1.29 is 4.74 Å². The highest BCUT2D eigenvalue weighted by Gasteiger charge is 2.02. The fourth-order valence-corrected chi connectivity index (χ4v) is 1.69. The van der Waals surface area contributed by atoms with Crippen LogP contribution in [0.2, 0.25) is 0 Å². The molecule has 1 unspecified atom stereocenters. The monoisotopic (exact) mass is 246 g/mol. The zero-order valence-electron chi connectivity index (χ0n) is 10.7. The van der Waals surface area contributed by atoms with E-state index in [1.807, 2.05) is 38.2 Å². The molecule has 1 atom stereocenters. The lowest BCUT2D eigenvalue weighted by Crippen LogP contribution is -2.17. The van der Waals surface area contributed by atoms with E-state index in [4.69, 9.17) is 10.5 Å². The summed E-state index contributed by atoms with van der Waals surface area (Å²) in [5.74, 6) is 1.63. The molecule has 0 spiro atoms. The quantitative estimate of drug-likeness (QED) is 0.863. The van der Waals surface area contributed by atoms with Gasteiger partial charge in [0.2, 0.25) is 0 Å². The molecule has 0 aliphatic carbocycles. The van der Waals surface area contributed by atoms with E-state index in [0.717, 1.165) is 18.0 Å². The van der Waals surface area contributed by atoms with E-state index >= 15 is 0 Å². The van der Waals surface area contributed by atoms with Crippen LogP contribution in [0.15, 0.2) is 30.6 Å². The van der Waals surface area contributed by atoms with Crippen molar-refractivity contribution in [1.29, 1.82) is 0 Å². The van der Waals surface area contributed by atoms with Crippen LogP contribution in [0.4, 0.5) is 0 Å². The zero-order valence-corrected chi connectivity index (χ0v) is 10.7. The Morgan fingerprint density at radius 3 is 2.61 bits per heavy atom. The first-order valence-corrected chi connectivity index (χ1v) is 5.95. The van der Waals surface area contributed by atoms with Crippen molar-refractivity contribution in [3.63, 3.8) is 0 Å². The van der Waals surface area contributed by atoms with Gasteiger partial charge in [0.05, 0.1) is 0 Å². The third-order valence-electron chi connectivity index (χ3n) is 2.65. The number of hydrogen-bond acceptors (Lipinski definition) is 4. The third-order valence-corrected chi connectivity index (χ3v) is 2.65. The number of nitrogens with two attached hydrogens (primary N) is 1. The number of aromatic nitrogens is 3. The number of benzene rings is 1. The molecule has 5 heteroatoms. The average Bonchev–Trinajstić information content (AvgIpc) is 2.73. The van der Waals surface area contributed by atoms with Gasteiger partial charge in [0.25, 0.3) is 0 Å². The van der Waals surface area contributed by atoms with Crippen LogP contribution >= 0.6 is 0 Å². The second-order valence-corrected chi connectivity index (χ2v) is 4.41. The van der Waals surface area contributed by atoms with Crippen molar-refractivity contribution in [3.05, 3.63) is 42.0 Å². The maximum Gasteiger partial charge on any atom is 0.164 e. The van der Waals surface area contributed by atoms with Gasteiger partial charge in [-0.15, -0.1) is 0 Å². The number of hydrogen-bond donors (Lipinski definition) is 1. The van der Waals surface area contributed by atoms with Crippen molar-refractivity contribution in [3.8, 4) is 5.75 Å². The summed E-state index contributed by atoms with van der Waals surface area (Å²) in [6.45, 7) is 2.42. The van der Waals surface area contributed by atoms with E-state index in [1.165, 1.54) is 11.9 Å². The summed E-state index contributed by atoms with van der Waals surface area (Å²) in [4.78, 5) is 4.10. The lowest BCUT2D eigenvalue weighted by atomic mass is 10.1. The van der Waals surface area contributed by atoms with Gasteiger partial charge in [-0.25, -0.2) is 4.98 Å². The standard InChI is InChI=1S/C13H18N4O/c1-10(14)7-11-3-5-12(6-4-11)18-8-13-15-9-16-17(13)2/h3-6,9-10H,7-8,14H2,1-2H3. The summed E-state index contributed by atoms with van der Waals surface area (Å²) < 4.78 is 7.34. The highest BCUT2D eigenvalue weighted by molar-refractivity contribution is 5.27. The van der Waals surface area contributed by atoms with Crippen molar-refractivity contribution in [2.45, 2.75) is 26.0 Å². The van der Waals surface area contributed by atoms with Crippen LogP contribution in [0.3, 0.4) is 0 Å². The Balaban J connectivity index is 1.92. The Labute approximate surface area is 107 Å². The van der Waals surface area contributed by atoms with Crippen LogP contribution in [0, 0.1) is 0 Å². The van der Waals surface area contributed by atoms with E-state index in [2.05, 4.69) is 10.1 Å². The fraction of sp³-hybridized carbons (Fsp3) is 0.385. The second-order valence-electron chi connectivity index (χ2n) is 4.41. The molecule has 96 valence electrons. The van der Waals surface area contributed by atoms with E-state index in [9.17, 15) is 0 Å². The minimum atomic E-state index is 0.176. The van der Waals surface area contributed by atoms with Crippen molar-refractivity contribution in [2.24, 2.45) is 12.8 Å². The van der Waals surface area contributed by atoms with Gasteiger partial charge in [-0.1, -0.05) is 12.1 Å². The van der Waals surface area contributed by atoms with Gasteiger partial charge in [-0.05, 0) is 31.0 Å². The minimum absolute atomic E-state index is 0.176. The first-order chi connectivity index (χ1) is 8.65. The topological polar surface area (TPSA) is 66.0 Å². The van der Waals surface area contributed by atoms with E-state index in [0.29, 0.717) is 6.61 Å². The molecule has 1 heterocycles. The maximum absolute atomic E-state index is 5.75. The second kappa shape index (κ2) is 5.64. The molecule has 2 rings (SSSR count). The number of rotatable bonds is 5. The predicted molar refractivity (Wildman–Crippen MR) is 69.1 cm³/mol. The van der Waals surface area contributed by atoms with Crippen LogP contribution < -0.4 is 10.5 Å². The largest absolute Gasteiger partial charge is 0.486 e. The molecule has 2 N–H and O–H groups in total. The molecule has 1 aromatic heterocycles. The van der Waals surface area contributed by atoms with Gasteiger partial charge in [0.15, 0.2) is 5.82 Å². The lowest BCUT2D eigenvalue weighted by Gasteiger charge is -2.08. The van der Waals surface area contributed by atoms with Gasteiger partial charge >= 0.3 is 0 Å². The third kappa shape index (κ3) is 3.30. The summed E-state index contributed by atoms with van der Waals surface area (Å²) >= 11 is 0. The summed E-state index contributed by atoms with van der Waals surface area (Å²) in [5, 5.41) is 3.99. The molecular formula is C13H18N4O. The van der Waals surface area contributed by atoms with Gasteiger partial charge in [0.1, 0.15) is 18.7 Å². The van der Waals surface area contributed by atoms with Gasteiger partial charge in [-0.3, -0.25) is 4.68 Å². The van der Waals surface area contributed by atoms with E-state index in [-0.39, 0.29) is 6.04 Å². The van der Waals surface area contributed by atoms with Crippen LogP contribution in [-0.2, 0) is 20.1 Å². The Kier molecular flexibility index (Phi) is 3.94. The molecule has 0 aliphatic heterocycles. The van der Waals surface area contributed by atoms with Gasteiger partial charge in [0, 0.05) is 13.1 Å². The van der Waals surface area contributed by atoms with E-state index < -0.39 is 0 Å². The molecule has 18 heavy (non-hydrogen) atoms. The molecule has 0 saturated heterocycles. The van der Waals surface area contributed by atoms with Crippen LogP contribution in [0.25, 0.3) is 0 Å². The fourth-order valence-electron chi connectivity index (χ4n) is 1.69. The summed E-state index contributed by atoms with van der Waals surface area (Å²) in [6, 6.07) is 8.16. The Morgan fingerprint density at radius 2 is 2.06 bits per heavy atom. The van der Waals surface area contributed by atoms with Crippen molar-refractivity contribution >= 4 is 0 Å². The minimum Gasteiger partial charge on any atom is -0.486 e. The number of nitrogens with zero attached hydrogens (tertiary/aromatic N) is 3. The molecule has 0 saturated carbocycles. The highest BCUT2D eigenvalue weighted by atomic mass is 16.5. The van der Waals surface area contributed by atoms with Crippen LogP contribution in [-0.4, -0.2) is 20.8 Å². The Morgan fingerprint density at radius 1 is 1.33 bits per heavy atom. The van der Waals surface area contributed by atoms with Crippen molar-refractivity contribution in [2.75, 3.05) is 0 Å². The van der Waals surface area contributed by atoms with Crippen LogP contribution in [0.5, 0.6) is 5.75 Å². The predicted octanol–water partition coefficient (Wildman–Crippen LogP) is 1.28. The highest BCUT2D eigenvalue weighted by Crippen LogP contribution is 2.14. The molecule has 2 aromatic rings. The van der Waals surface area contributed by atoms with Crippen molar-refractivity contribution in [1.82, 2.24) is 14.8 Å². The molecule has 0 radical (unpaired) electrons. The molecule has 0 fully saturated rings. The molecule has 0 aliphatic rings. The molecule has 1 aromatic carbocycles. The van der Waals surface area contributed by atoms with Gasteiger partial charge < -0.3 is 10.5 Å². The summed E-state index contributed by atoms with van der Waals surface area (Å²) in [5.41, 5.74) is 6.97. The molecule has 5 nitrogen and oxygen atoms in total. The van der Waals surface area contributed by atoms with Crippen LogP contribution in [0.1, 0.15) is 18.3 Å². The Hall–Kier alpha value is -1.88. The molecule has 0 bridgehead atoms. The molecule has 0 amide bonds. The normalized spacial score (nSPS) is 12.4. The average molecular weight is 246 g/mol. The number of ether oxygens (including phenoxy) is 1. The first-order valence-electron chi connectivity index (χ1n) is 5.95. The summed E-state index contributed by atoms with van der Waals surface area (Å²) in [7, 11) is 1.84. The smallest absolute Gasteiger partial charge is 0.164 e. The van der Waals surface area contributed by atoms with Gasteiger partial charge in [-0.2, -0.15) is 5.10 Å². The maximum atomic E-state index is 5.75. The Bertz CT molecular complexity index is 490. The number of aryl methyl sites for hydroxylation is 1. The SMILES string of the molecule is CC(N)Cc1ccc(OCc2ncnn2C)cc1.